The zero-order chi connectivity index (χ0) is 13.8. The van der Waals surface area contributed by atoms with Crippen molar-refractivity contribution in [2.75, 3.05) is 36.4 Å². The number of anilines is 2. The molecular weight excluding hydrogens is 254 g/mol. The Morgan fingerprint density at radius 3 is 2.65 bits per heavy atom. The molecule has 2 heterocycles. The molecule has 1 aromatic rings. The number of rotatable bonds is 4. The second kappa shape index (κ2) is 6.07. The Hall–Kier alpha value is -1.85. The standard InChI is InChI=1S/C14H21N5O/c20-11-18-7-9-19(10-8-18)14-15-6-5-13(17-14)16-12-3-1-2-4-12/h5-6,11-12H,1-4,7-10H2,(H,15,16,17). The first-order valence-electron chi connectivity index (χ1n) is 7.39. The lowest BCUT2D eigenvalue weighted by atomic mass is 10.2. The molecule has 3 rings (SSSR count). The van der Waals surface area contributed by atoms with Gasteiger partial charge in [0.25, 0.3) is 0 Å². The third kappa shape index (κ3) is 3.00. The third-order valence-corrected chi connectivity index (χ3v) is 4.10. The van der Waals surface area contributed by atoms with Crippen LogP contribution in [-0.4, -0.2) is 53.5 Å². The van der Waals surface area contributed by atoms with Gasteiger partial charge in [0.1, 0.15) is 5.82 Å². The summed E-state index contributed by atoms with van der Waals surface area (Å²) in [5, 5.41) is 3.50. The highest BCUT2D eigenvalue weighted by Gasteiger charge is 2.19. The predicted octanol–water partition coefficient (Wildman–Crippen LogP) is 1.11. The van der Waals surface area contributed by atoms with E-state index in [1.807, 2.05) is 12.3 Å². The van der Waals surface area contributed by atoms with Gasteiger partial charge in [-0.25, -0.2) is 4.98 Å². The molecule has 1 saturated heterocycles. The number of aromatic nitrogens is 2. The average molecular weight is 275 g/mol. The van der Waals surface area contributed by atoms with Crippen LogP contribution in [0.25, 0.3) is 0 Å². The molecule has 1 aliphatic carbocycles. The van der Waals surface area contributed by atoms with Crippen molar-refractivity contribution >= 4 is 18.2 Å². The van der Waals surface area contributed by atoms with Gasteiger partial charge < -0.3 is 15.1 Å². The van der Waals surface area contributed by atoms with Gasteiger partial charge in [0.2, 0.25) is 12.4 Å². The highest BCUT2D eigenvalue weighted by Crippen LogP contribution is 2.22. The molecule has 1 aromatic heterocycles. The fourth-order valence-electron chi connectivity index (χ4n) is 2.89. The van der Waals surface area contributed by atoms with Crippen LogP contribution in [0.5, 0.6) is 0 Å². The SMILES string of the molecule is O=CN1CCN(c2nccc(NC3CCCC3)n2)CC1. The molecule has 2 fully saturated rings. The van der Waals surface area contributed by atoms with E-state index in [1.54, 1.807) is 4.90 Å². The van der Waals surface area contributed by atoms with Crippen LogP contribution in [0.15, 0.2) is 12.3 Å². The normalized spacial score (nSPS) is 20.2. The predicted molar refractivity (Wildman–Crippen MR) is 77.8 cm³/mol. The van der Waals surface area contributed by atoms with Crippen LogP contribution >= 0.6 is 0 Å². The summed E-state index contributed by atoms with van der Waals surface area (Å²) in [5.74, 6) is 1.68. The summed E-state index contributed by atoms with van der Waals surface area (Å²) in [7, 11) is 0. The van der Waals surface area contributed by atoms with E-state index >= 15 is 0 Å². The van der Waals surface area contributed by atoms with E-state index in [-0.39, 0.29) is 0 Å². The molecule has 1 aliphatic heterocycles. The van der Waals surface area contributed by atoms with Crippen LogP contribution in [0.1, 0.15) is 25.7 Å². The molecule has 0 aromatic carbocycles. The molecule has 108 valence electrons. The van der Waals surface area contributed by atoms with Gasteiger partial charge in [-0.1, -0.05) is 12.8 Å². The Morgan fingerprint density at radius 1 is 1.20 bits per heavy atom. The highest BCUT2D eigenvalue weighted by molar-refractivity contribution is 5.49. The first-order valence-corrected chi connectivity index (χ1v) is 7.39. The second-order valence-corrected chi connectivity index (χ2v) is 5.50. The molecule has 0 unspecified atom stereocenters. The van der Waals surface area contributed by atoms with Gasteiger partial charge >= 0.3 is 0 Å². The van der Waals surface area contributed by atoms with Crippen LogP contribution in [0, 0.1) is 0 Å². The Labute approximate surface area is 119 Å². The molecule has 0 bridgehead atoms. The van der Waals surface area contributed by atoms with Gasteiger partial charge in [0, 0.05) is 38.4 Å². The number of carbonyl (C=O) groups excluding carboxylic acids is 1. The third-order valence-electron chi connectivity index (χ3n) is 4.10. The molecule has 0 atom stereocenters. The Morgan fingerprint density at radius 2 is 1.95 bits per heavy atom. The Kier molecular flexibility index (Phi) is 3.99. The van der Waals surface area contributed by atoms with E-state index in [4.69, 9.17) is 0 Å². The molecule has 0 radical (unpaired) electrons. The van der Waals surface area contributed by atoms with Crippen molar-refractivity contribution in [1.29, 1.82) is 0 Å². The lowest BCUT2D eigenvalue weighted by Crippen LogP contribution is -2.46. The largest absolute Gasteiger partial charge is 0.367 e. The topological polar surface area (TPSA) is 61.4 Å². The van der Waals surface area contributed by atoms with Crippen LogP contribution in [-0.2, 0) is 4.79 Å². The van der Waals surface area contributed by atoms with Gasteiger partial charge in [-0.05, 0) is 18.9 Å². The number of hydrogen-bond acceptors (Lipinski definition) is 5. The van der Waals surface area contributed by atoms with Gasteiger partial charge in [0.05, 0.1) is 0 Å². The van der Waals surface area contributed by atoms with Crippen molar-refractivity contribution < 1.29 is 4.79 Å². The van der Waals surface area contributed by atoms with E-state index in [0.717, 1.165) is 44.4 Å². The average Bonchev–Trinajstić information content (AvgIpc) is 3.01. The first kappa shape index (κ1) is 13.1. The highest BCUT2D eigenvalue weighted by atomic mass is 16.1. The number of nitrogens with one attached hydrogen (secondary N) is 1. The zero-order valence-corrected chi connectivity index (χ0v) is 11.7. The number of hydrogen-bond donors (Lipinski definition) is 1. The maximum absolute atomic E-state index is 10.7. The molecular formula is C14H21N5O. The van der Waals surface area contributed by atoms with Crippen molar-refractivity contribution in [1.82, 2.24) is 14.9 Å². The number of carbonyl (C=O) groups is 1. The lowest BCUT2D eigenvalue weighted by Gasteiger charge is -2.32. The van der Waals surface area contributed by atoms with Crippen LogP contribution in [0.2, 0.25) is 0 Å². The summed E-state index contributed by atoms with van der Waals surface area (Å²) in [5.41, 5.74) is 0. The van der Waals surface area contributed by atoms with Crippen LogP contribution in [0.4, 0.5) is 11.8 Å². The Balaban J connectivity index is 1.63. The molecule has 2 aliphatic rings. The minimum atomic E-state index is 0.560. The summed E-state index contributed by atoms with van der Waals surface area (Å²) in [6.45, 7) is 3.08. The molecule has 6 heteroatoms. The Bertz CT molecular complexity index is 453. The lowest BCUT2D eigenvalue weighted by molar-refractivity contribution is -0.118. The summed E-state index contributed by atoms with van der Waals surface area (Å²) >= 11 is 0. The number of nitrogens with zero attached hydrogens (tertiary/aromatic N) is 4. The molecule has 20 heavy (non-hydrogen) atoms. The smallest absolute Gasteiger partial charge is 0.227 e. The summed E-state index contributed by atoms with van der Waals surface area (Å²) in [6.07, 6.45) is 7.81. The van der Waals surface area contributed by atoms with Crippen molar-refractivity contribution in [3.8, 4) is 0 Å². The van der Waals surface area contributed by atoms with Gasteiger partial charge in [-0.3, -0.25) is 4.79 Å². The monoisotopic (exact) mass is 275 g/mol. The molecule has 1 N–H and O–H groups in total. The van der Waals surface area contributed by atoms with Crippen LogP contribution in [0.3, 0.4) is 0 Å². The van der Waals surface area contributed by atoms with Crippen molar-refractivity contribution in [3.05, 3.63) is 12.3 Å². The van der Waals surface area contributed by atoms with Gasteiger partial charge in [-0.15, -0.1) is 0 Å². The summed E-state index contributed by atoms with van der Waals surface area (Å²) < 4.78 is 0. The summed E-state index contributed by atoms with van der Waals surface area (Å²) in [6, 6.07) is 2.49. The maximum atomic E-state index is 10.7. The zero-order valence-electron chi connectivity index (χ0n) is 11.7. The van der Waals surface area contributed by atoms with E-state index in [0.29, 0.717) is 6.04 Å². The van der Waals surface area contributed by atoms with Gasteiger partial charge in [-0.2, -0.15) is 4.98 Å². The van der Waals surface area contributed by atoms with Crippen molar-refractivity contribution in [2.24, 2.45) is 0 Å². The maximum Gasteiger partial charge on any atom is 0.227 e. The van der Waals surface area contributed by atoms with E-state index in [2.05, 4.69) is 20.2 Å². The molecule has 1 saturated carbocycles. The minimum Gasteiger partial charge on any atom is -0.367 e. The molecule has 1 amide bonds. The number of amides is 1. The van der Waals surface area contributed by atoms with Crippen LogP contribution < -0.4 is 10.2 Å². The first-order chi connectivity index (χ1) is 9.85. The quantitative estimate of drug-likeness (QED) is 0.834. The fourth-order valence-corrected chi connectivity index (χ4v) is 2.89. The molecule has 6 nitrogen and oxygen atoms in total. The van der Waals surface area contributed by atoms with Crippen molar-refractivity contribution in [2.45, 2.75) is 31.7 Å². The van der Waals surface area contributed by atoms with Gasteiger partial charge in [0.15, 0.2) is 0 Å². The van der Waals surface area contributed by atoms with E-state index in [9.17, 15) is 4.79 Å². The second-order valence-electron chi connectivity index (χ2n) is 5.50. The van der Waals surface area contributed by atoms with Crippen molar-refractivity contribution in [3.63, 3.8) is 0 Å². The molecule has 0 spiro atoms. The number of piperazine rings is 1. The summed E-state index contributed by atoms with van der Waals surface area (Å²) in [4.78, 5) is 23.6. The van der Waals surface area contributed by atoms with E-state index in [1.165, 1.54) is 25.7 Å². The minimum absolute atomic E-state index is 0.560. The fraction of sp³-hybridized carbons (Fsp3) is 0.643. The van der Waals surface area contributed by atoms with E-state index < -0.39 is 0 Å².